The Hall–Kier alpha value is -11.2. The fourth-order valence-corrected chi connectivity index (χ4v) is 13.8. The molecule has 8 aromatic rings. The molecule has 0 saturated carbocycles. The minimum Gasteiger partial charge on any atom is -0.449 e. The first kappa shape index (κ1) is 84.2. The summed E-state index contributed by atoms with van der Waals surface area (Å²) in [4.78, 5) is 119. The third-order valence-corrected chi connectivity index (χ3v) is 21.2. The molecule has 7 aliphatic rings. The largest absolute Gasteiger partial charge is 0.449 e. The van der Waals surface area contributed by atoms with Crippen LogP contribution in [-0.4, -0.2) is 269 Å². The second-order valence-corrected chi connectivity index (χ2v) is 29.8. The lowest BCUT2D eigenvalue weighted by atomic mass is 9.78. The summed E-state index contributed by atoms with van der Waals surface area (Å²) in [6.45, 7) is 19.0. The highest BCUT2D eigenvalue weighted by Crippen LogP contribution is 2.34. The monoisotopic (exact) mass is 1680 g/mol. The quantitative estimate of drug-likeness (QED) is 0.0298. The predicted octanol–water partition coefficient (Wildman–Crippen LogP) is 6.66. The van der Waals surface area contributed by atoms with E-state index in [1.54, 1.807) is 64.0 Å². The van der Waals surface area contributed by atoms with Gasteiger partial charge in [0.05, 0.1) is 62.7 Å². The third kappa shape index (κ3) is 22.9. The molecule has 0 spiro atoms. The maximum absolute atomic E-state index is 12.4. The number of rotatable bonds is 19. The summed E-state index contributed by atoms with van der Waals surface area (Å²) < 4.78 is 35.7. The van der Waals surface area contributed by atoms with Crippen LogP contribution in [0.4, 0.5) is 83.9 Å². The third-order valence-electron chi connectivity index (χ3n) is 19.8. The molecule has 43 heteroatoms. The van der Waals surface area contributed by atoms with E-state index in [0.717, 1.165) is 88.2 Å². The molecule has 4 aromatic carbocycles. The Bertz CT molecular complexity index is 4720. The summed E-state index contributed by atoms with van der Waals surface area (Å²) >= 11 is 24.9. The topological polar surface area (TPSA) is 477 Å². The van der Waals surface area contributed by atoms with Gasteiger partial charge in [0.1, 0.15) is 25.1 Å². The van der Waals surface area contributed by atoms with Crippen LogP contribution in [0.3, 0.4) is 0 Å². The number of halogens is 4. The Morgan fingerprint density at radius 1 is 0.431 bits per heavy atom. The van der Waals surface area contributed by atoms with Crippen molar-refractivity contribution in [2.75, 3.05) is 235 Å². The highest BCUT2D eigenvalue weighted by Gasteiger charge is 2.35. The van der Waals surface area contributed by atoms with Crippen molar-refractivity contribution < 1.29 is 70.5 Å². The molecule has 0 atom stereocenters. The van der Waals surface area contributed by atoms with Gasteiger partial charge in [-0.3, -0.25) is 19.2 Å². The van der Waals surface area contributed by atoms with Crippen LogP contribution in [-0.2, 0) is 14.2 Å². The SMILES string of the molecule is CB(O)N1CC(COC(=O)N2CCN(c3ccc(Cl)c(NC(=O)c4coc(N)n4)c3)CC2)C1.CN1CC(COC(=O)N2CCN(c3ccc(Cl)c(NC(=O)c4coc(N)n4)c3)CC2)C1.Nc1nc(C(=O)Nc2cc(N3CCN(C(=O)OCC4CNC4)CC3)ccc2Cl)co1.Nc1nc(C(=O)Nc2cc(N3CCNCC3)ccc2Cl)co1. The van der Waals surface area contributed by atoms with Gasteiger partial charge in [-0.15, -0.1) is 0 Å². The number of ether oxygens (including phenoxy) is 3. The number of benzene rings is 4. The van der Waals surface area contributed by atoms with Crippen molar-refractivity contribution in [1.82, 2.24) is 55.0 Å². The number of nitrogens with one attached hydrogen (secondary N) is 6. The number of hydrogen-bond donors (Lipinski definition) is 11. The van der Waals surface area contributed by atoms with Gasteiger partial charge in [0.2, 0.25) is 0 Å². The van der Waals surface area contributed by atoms with Gasteiger partial charge < -0.3 is 136 Å². The summed E-state index contributed by atoms with van der Waals surface area (Å²) in [5.74, 6) is -0.710. The van der Waals surface area contributed by atoms with Gasteiger partial charge in [-0.25, -0.2) is 14.4 Å². The summed E-state index contributed by atoms with van der Waals surface area (Å²) in [6, 6.07) is 21.4. The predicted molar refractivity (Wildman–Crippen MR) is 438 cm³/mol. The molecule has 116 heavy (non-hydrogen) atoms. The lowest BCUT2D eigenvalue weighted by Crippen LogP contribution is -2.55. The lowest BCUT2D eigenvalue weighted by Gasteiger charge is -2.40. The van der Waals surface area contributed by atoms with Crippen molar-refractivity contribution in [3.05, 3.63) is 141 Å². The van der Waals surface area contributed by atoms with E-state index in [9.17, 15) is 38.6 Å². The zero-order chi connectivity index (χ0) is 82.1. The average molecular weight is 1680 g/mol. The number of anilines is 12. The number of aromatic nitrogens is 4. The van der Waals surface area contributed by atoms with Gasteiger partial charge in [-0.2, -0.15) is 19.9 Å². The summed E-state index contributed by atoms with van der Waals surface area (Å²) in [6.07, 6.45) is 3.91. The lowest BCUT2D eigenvalue weighted by molar-refractivity contribution is 0.0390. The van der Waals surface area contributed by atoms with E-state index in [1.165, 1.54) is 25.1 Å². The van der Waals surface area contributed by atoms with Gasteiger partial charge >= 0.3 is 25.3 Å². The number of piperazine rings is 4. The number of hydrogen-bond acceptors (Lipinski definition) is 31. The van der Waals surface area contributed by atoms with Crippen LogP contribution in [0.1, 0.15) is 42.0 Å². The van der Waals surface area contributed by atoms with Crippen molar-refractivity contribution >= 4 is 165 Å². The van der Waals surface area contributed by atoms with Crippen LogP contribution in [0.5, 0.6) is 0 Å². The van der Waals surface area contributed by atoms with E-state index in [1.807, 2.05) is 35.1 Å². The molecule has 11 heterocycles. The van der Waals surface area contributed by atoms with Gasteiger partial charge in [0.25, 0.3) is 47.7 Å². The van der Waals surface area contributed by atoms with Crippen LogP contribution in [0.15, 0.2) is 116 Å². The molecule has 7 saturated heterocycles. The molecule has 15 rings (SSSR count). The molecule has 0 unspecified atom stereocenters. The minimum atomic E-state index is -0.481. The number of nitrogens with zero attached hydrogens (tertiary/aromatic N) is 13. The smallest absolute Gasteiger partial charge is 0.409 e. The molecule has 7 fully saturated rings. The van der Waals surface area contributed by atoms with Gasteiger partial charge in [-0.1, -0.05) is 46.4 Å². The van der Waals surface area contributed by atoms with E-state index >= 15 is 0 Å². The second kappa shape index (κ2) is 39.5. The highest BCUT2D eigenvalue weighted by atomic mass is 35.5. The summed E-state index contributed by atoms with van der Waals surface area (Å²) in [5.41, 5.74) is 27.5. The molecule has 0 aliphatic carbocycles. The fraction of sp³-hybridized carbons (Fsp3) is 0.411. The number of likely N-dealkylation sites (tertiary alicyclic amines) is 1. The van der Waals surface area contributed by atoms with Crippen molar-refractivity contribution in [3.8, 4) is 0 Å². The van der Waals surface area contributed by atoms with Crippen LogP contribution >= 0.6 is 46.4 Å². The zero-order valence-electron chi connectivity index (χ0n) is 63.5. The summed E-state index contributed by atoms with van der Waals surface area (Å²) in [5, 5.41) is 28.5. The Labute approximate surface area is 686 Å². The molecule has 7 amide bonds. The maximum atomic E-state index is 12.4. The van der Waals surface area contributed by atoms with Crippen LogP contribution < -0.4 is 74.4 Å². The van der Waals surface area contributed by atoms with E-state index in [-0.39, 0.29) is 71.0 Å². The molecular formula is C73H90BCl4N23O15. The number of nitrogens with two attached hydrogens (primary N) is 4. The molecule has 0 bridgehead atoms. The Balaban J connectivity index is 0.000000144. The van der Waals surface area contributed by atoms with Gasteiger partial charge in [-0.05, 0) is 99.8 Å². The molecule has 15 N–H and O–H groups in total. The minimum absolute atomic E-state index is 0.0502. The maximum Gasteiger partial charge on any atom is 0.409 e. The highest BCUT2D eigenvalue weighted by molar-refractivity contribution is 6.45. The van der Waals surface area contributed by atoms with Crippen molar-refractivity contribution in [2.24, 2.45) is 17.8 Å². The normalized spacial score (nSPS) is 16.6. The first-order chi connectivity index (χ1) is 55.8. The number of nitrogen functional groups attached to an aromatic ring is 4. The number of carbonyl (C=O) groups is 7. The van der Waals surface area contributed by atoms with E-state index in [0.29, 0.717) is 153 Å². The van der Waals surface area contributed by atoms with Crippen molar-refractivity contribution in [2.45, 2.75) is 6.82 Å². The second-order valence-electron chi connectivity index (χ2n) is 28.2. The van der Waals surface area contributed by atoms with E-state index in [4.69, 9.17) is 101 Å². The first-order valence-electron chi connectivity index (χ1n) is 37.4. The molecule has 7 aliphatic heterocycles. The van der Waals surface area contributed by atoms with Gasteiger partial charge in [0, 0.05) is 171 Å². The van der Waals surface area contributed by atoms with Gasteiger partial charge in [0.15, 0.2) is 22.8 Å². The number of oxazole rings is 4. The zero-order valence-corrected chi connectivity index (χ0v) is 66.5. The van der Waals surface area contributed by atoms with E-state index < -0.39 is 30.7 Å². The molecule has 0 radical (unpaired) electrons. The molecule has 618 valence electrons. The van der Waals surface area contributed by atoms with Crippen LogP contribution in [0.2, 0.25) is 26.9 Å². The Morgan fingerprint density at radius 2 is 0.707 bits per heavy atom. The Kier molecular flexibility index (Phi) is 28.6. The summed E-state index contributed by atoms with van der Waals surface area (Å²) in [7, 11) is 1.59. The van der Waals surface area contributed by atoms with Crippen LogP contribution in [0.25, 0.3) is 0 Å². The molecule has 4 aromatic heterocycles. The van der Waals surface area contributed by atoms with Crippen molar-refractivity contribution in [3.63, 3.8) is 0 Å². The number of carbonyl (C=O) groups excluding carboxylic acids is 7. The van der Waals surface area contributed by atoms with Crippen molar-refractivity contribution in [1.29, 1.82) is 0 Å². The fourth-order valence-electron chi connectivity index (χ4n) is 13.2. The Morgan fingerprint density at radius 3 is 0.957 bits per heavy atom. The first-order valence-corrected chi connectivity index (χ1v) is 38.9. The molecular weight excluding hydrogens is 1590 g/mol. The average Bonchev–Trinajstić information content (AvgIpc) is 0.986. The van der Waals surface area contributed by atoms with E-state index in [2.05, 4.69) is 83.4 Å². The standard InChI is InChI=1S/C20H26BClN6O5.C20H25ClN6O4.C19H23ClN6O4.C14H16ClN5O2/c1-21(31)28-9-13(10-28)11-33-20(30)27-6-4-26(5-7-27)14-2-3-15(22)16(8-14)24-18(29)17-12-32-19(23)25-17;1-25-9-13(10-25)11-31-20(29)27-6-4-26(5-7-27)14-2-3-15(21)16(8-14)23-18(28)17-12-30-19(22)24-17;20-14-2-1-13(7-15(14)23-17(27)16-11-29-18(21)24-16)25-3-5-26(6-4-25)19(28)30-10-12-8-22-9-12;15-10-2-1-9(20-5-3-17-4-6-20)7-11(10)18-13(21)12-8-22-14(16)19-12/h2-3,8,12-13,31H,4-7,9-11H2,1H3,(H2,23,25)(H,24,29);2-3,8,12-13H,4-7,9-11H2,1H3,(H2,22,24)(H,23,28);1-2,7,11-12,22H,3-6,8-10H2,(H2,21,24)(H,23,27);1-2,7-8,17H,3-6H2,(H2,16,19)(H,18,21). The molecule has 38 nitrogen and oxygen atoms in total. The number of amides is 7. The van der Waals surface area contributed by atoms with Crippen LogP contribution in [0, 0.1) is 17.8 Å².